The van der Waals surface area contributed by atoms with E-state index in [1.807, 2.05) is 13.2 Å². The van der Waals surface area contributed by atoms with Gasteiger partial charge in [-0.15, -0.1) is 0 Å². The summed E-state index contributed by atoms with van der Waals surface area (Å²) in [4.78, 5) is 27.2. The second-order valence-electron chi connectivity index (χ2n) is 4.13. The number of carbonyl (C=O) groups excluding carboxylic acids is 1. The van der Waals surface area contributed by atoms with E-state index in [0.29, 0.717) is 12.1 Å². The van der Waals surface area contributed by atoms with Crippen LogP contribution in [0.15, 0.2) is 35.5 Å². The lowest BCUT2D eigenvalue weighted by atomic mass is 10.2. The summed E-state index contributed by atoms with van der Waals surface area (Å²) in [6, 6.07) is 2.88. The van der Waals surface area contributed by atoms with Gasteiger partial charge in [0.25, 0.3) is 5.91 Å². The Labute approximate surface area is 104 Å². The molecule has 1 amide bonds. The Morgan fingerprint density at radius 2 is 2.33 bits per heavy atom. The fourth-order valence-corrected chi connectivity index (χ4v) is 1.70. The van der Waals surface area contributed by atoms with E-state index in [4.69, 9.17) is 0 Å². The summed E-state index contributed by atoms with van der Waals surface area (Å²) in [7, 11) is 3.51. The second-order valence-corrected chi connectivity index (χ2v) is 4.13. The highest BCUT2D eigenvalue weighted by Crippen LogP contribution is 2.05. The maximum absolute atomic E-state index is 12.1. The topological polar surface area (TPSA) is 71.0 Å². The normalized spacial score (nSPS) is 10.3. The molecule has 0 unspecified atom stereocenters. The SMILES string of the molecule is CN(Cc1cnn(C)c1)C(=O)c1cc[nH]c(=O)c1. The summed E-state index contributed by atoms with van der Waals surface area (Å²) in [5, 5.41) is 4.04. The van der Waals surface area contributed by atoms with Crippen LogP contribution in [0, 0.1) is 0 Å². The van der Waals surface area contributed by atoms with Gasteiger partial charge >= 0.3 is 0 Å². The summed E-state index contributed by atoms with van der Waals surface area (Å²) < 4.78 is 1.68. The molecule has 0 bridgehead atoms. The van der Waals surface area contributed by atoms with Crippen LogP contribution in [0.3, 0.4) is 0 Å². The lowest BCUT2D eigenvalue weighted by Crippen LogP contribution is -2.27. The number of amides is 1. The van der Waals surface area contributed by atoms with Crippen LogP contribution in [0.1, 0.15) is 15.9 Å². The predicted octanol–water partition coefficient (Wildman–Crippen LogP) is 0.381. The van der Waals surface area contributed by atoms with Crippen LogP contribution in [-0.4, -0.2) is 32.6 Å². The van der Waals surface area contributed by atoms with Crippen molar-refractivity contribution in [1.29, 1.82) is 0 Å². The molecule has 0 aliphatic carbocycles. The number of carbonyl (C=O) groups is 1. The van der Waals surface area contributed by atoms with Crippen LogP contribution < -0.4 is 5.56 Å². The first-order valence-electron chi connectivity index (χ1n) is 5.48. The molecule has 0 radical (unpaired) electrons. The van der Waals surface area contributed by atoms with Gasteiger partial charge in [0.2, 0.25) is 5.56 Å². The molecule has 0 aliphatic heterocycles. The molecule has 18 heavy (non-hydrogen) atoms. The van der Waals surface area contributed by atoms with Crippen molar-refractivity contribution in [3.8, 4) is 0 Å². The molecule has 2 aromatic rings. The maximum atomic E-state index is 12.1. The Kier molecular flexibility index (Phi) is 3.27. The number of aromatic amines is 1. The Hall–Kier alpha value is -2.37. The number of aryl methyl sites for hydroxylation is 1. The summed E-state index contributed by atoms with van der Waals surface area (Å²) in [5.74, 6) is -0.190. The highest BCUT2D eigenvalue weighted by molar-refractivity contribution is 5.93. The number of pyridine rings is 1. The molecule has 94 valence electrons. The third-order valence-corrected chi connectivity index (χ3v) is 2.55. The number of rotatable bonds is 3. The Bertz CT molecular complexity index is 614. The van der Waals surface area contributed by atoms with Crippen molar-refractivity contribution >= 4 is 5.91 Å². The van der Waals surface area contributed by atoms with Crippen molar-refractivity contribution in [3.05, 3.63) is 52.2 Å². The quantitative estimate of drug-likeness (QED) is 0.851. The number of nitrogens with zero attached hydrogens (tertiary/aromatic N) is 3. The largest absolute Gasteiger partial charge is 0.337 e. The average Bonchev–Trinajstić information content (AvgIpc) is 2.73. The summed E-state index contributed by atoms with van der Waals surface area (Å²) in [6.45, 7) is 0.458. The molecule has 2 rings (SSSR count). The lowest BCUT2D eigenvalue weighted by Gasteiger charge is -2.15. The zero-order valence-electron chi connectivity index (χ0n) is 10.3. The first-order chi connectivity index (χ1) is 8.56. The number of hydrogen-bond acceptors (Lipinski definition) is 3. The summed E-state index contributed by atoms with van der Waals surface area (Å²) >= 11 is 0. The van der Waals surface area contributed by atoms with Gasteiger partial charge in [-0.25, -0.2) is 0 Å². The minimum Gasteiger partial charge on any atom is -0.337 e. The number of aromatic nitrogens is 3. The lowest BCUT2D eigenvalue weighted by molar-refractivity contribution is 0.0785. The van der Waals surface area contributed by atoms with Crippen molar-refractivity contribution in [2.45, 2.75) is 6.54 Å². The van der Waals surface area contributed by atoms with Crippen LogP contribution in [0.2, 0.25) is 0 Å². The second kappa shape index (κ2) is 4.87. The van der Waals surface area contributed by atoms with Gasteiger partial charge in [-0.1, -0.05) is 0 Å². The molecule has 0 atom stereocenters. The van der Waals surface area contributed by atoms with Gasteiger partial charge in [0, 0.05) is 50.2 Å². The third-order valence-electron chi connectivity index (χ3n) is 2.55. The zero-order chi connectivity index (χ0) is 13.1. The molecule has 1 N–H and O–H groups in total. The molecule has 0 aromatic carbocycles. The Morgan fingerprint density at radius 3 is 2.94 bits per heavy atom. The minimum atomic E-state index is -0.282. The van der Waals surface area contributed by atoms with Crippen molar-refractivity contribution < 1.29 is 4.79 Å². The van der Waals surface area contributed by atoms with Crippen molar-refractivity contribution in [2.75, 3.05) is 7.05 Å². The maximum Gasteiger partial charge on any atom is 0.254 e. The van der Waals surface area contributed by atoms with Gasteiger partial charge in [0.1, 0.15) is 0 Å². The van der Waals surface area contributed by atoms with E-state index < -0.39 is 0 Å². The number of nitrogens with one attached hydrogen (secondary N) is 1. The molecule has 0 aliphatic rings. The van der Waals surface area contributed by atoms with E-state index in [1.54, 1.807) is 28.9 Å². The van der Waals surface area contributed by atoms with E-state index in [0.717, 1.165) is 5.56 Å². The van der Waals surface area contributed by atoms with Crippen LogP contribution in [-0.2, 0) is 13.6 Å². The molecular formula is C12H14N4O2. The van der Waals surface area contributed by atoms with Crippen molar-refractivity contribution in [2.24, 2.45) is 7.05 Å². The molecule has 2 heterocycles. The minimum absolute atomic E-state index is 0.190. The fourth-order valence-electron chi connectivity index (χ4n) is 1.70. The van der Waals surface area contributed by atoms with Gasteiger partial charge < -0.3 is 9.88 Å². The molecule has 0 saturated heterocycles. The predicted molar refractivity (Wildman–Crippen MR) is 66.1 cm³/mol. The molecule has 0 fully saturated rings. The molecule has 6 nitrogen and oxygen atoms in total. The van der Waals surface area contributed by atoms with Crippen molar-refractivity contribution in [1.82, 2.24) is 19.7 Å². The Morgan fingerprint density at radius 1 is 1.56 bits per heavy atom. The van der Waals surface area contributed by atoms with E-state index >= 15 is 0 Å². The number of H-pyrrole nitrogens is 1. The average molecular weight is 246 g/mol. The molecule has 0 saturated carbocycles. The van der Waals surface area contributed by atoms with Gasteiger partial charge in [-0.05, 0) is 6.07 Å². The van der Waals surface area contributed by atoms with E-state index in [1.165, 1.54) is 12.3 Å². The summed E-state index contributed by atoms with van der Waals surface area (Å²) in [6.07, 6.45) is 5.02. The zero-order valence-corrected chi connectivity index (χ0v) is 10.3. The van der Waals surface area contributed by atoms with E-state index in [9.17, 15) is 9.59 Å². The first-order valence-corrected chi connectivity index (χ1v) is 5.48. The van der Waals surface area contributed by atoms with Gasteiger partial charge in [-0.2, -0.15) is 5.10 Å². The summed E-state index contributed by atoms with van der Waals surface area (Å²) in [5.41, 5.74) is 1.04. The van der Waals surface area contributed by atoms with Crippen LogP contribution >= 0.6 is 0 Å². The van der Waals surface area contributed by atoms with Gasteiger partial charge in [-0.3, -0.25) is 14.3 Å². The highest BCUT2D eigenvalue weighted by atomic mass is 16.2. The first kappa shape index (κ1) is 12.1. The molecule has 2 aromatic heterocycles. The number of hydrogen-bond donors (Lipinski definition) is 1. The molecule has 0 spiro atoms. The monoisotopic (exact) mass is 246 g/mol. The van der Waals surface area contributed by atoms with E-state index in [2.05, 4.69) is 10.1 Å². The fraction of sp³-hybridized carbons (Fsp3) is 0.250. The molecule has 6 heteroatoms. The van der Waals surface area contributed by atoms with Crippen LogP contribution in [0.4, 0.5) is 0 Å². The highest BCUT2D eigenvalue weighted by Gasteiger charge is 2.12. The van der Waals surface area contributed by atoms with Crippen molar-refractivity contribution in [3.63, 3.8) is 0 Å². The standard InChI is InChI=1S/C12H14N4O2/c1-15(7-9-6-14-16(2)8-9)12(18)10-3-4-13-11(17)5-10/h3-6,8H,7H2,1-2H3,(H,13,17). The third kappa shape index (κ3) is 2.65. The van der Waals surface area contributed by atoms with Crippen LogP contribution in [0.25, 0.3) is 0 Å². The smallest absolute Gasteiger partial charge is 0.254 e. The van der Waals surface area contributed by atoms with E-state index in [-0.39, 0.29) is 11.5 Å². The van der Waals surface area contributed by atoms with Crippen LogP contribution in [0.5, 0.6) is 0 Å². The molecular weight excluding hydrogens is 232 g/mol. The van der Waals surface area contributed by atoms with Gasteiger partial charge in [0.05, 0.1) is 6.20 Å². The Balaban J connectivity index is 2.11. The van der Waals surface area contributed by atoms with Gasteiger partial charge in [0.15, 0.2) is 0 Å².